The summed E-state index contributed by atoms with van der Waals surface area (Å²) >= 11 is 6.35. The zero-order chi connectivity index (χ0) is 19.7. The number of benzene rings is 1. The van der Waals surface area contributed by atoms with Crippen molar-refractivity contribution in [3.63, 3.8) is 0 Å². The zero-order valence-electron chi connectivity index (χ0n) is 14.5. The van der Waals surface area contributed by atoms with Crippen molar-refractivity contribution in [1.82, 2.24) is 4.98 Å². The highest BCUT2D eigenvalue weighted by Crippen LogP contribution is 2.42. The minimum Gasteiger partial charge on any atom is -0.463 e. The number of allylic oxidation sites excluding steroid dienone is 2. The molecule has 1 aliphatic rings. The van der Waals surface area contributed by atoms with Crippen LogP contribution < -0.4 is 5.73 Å². The van der Waals surface area contributed by atoms with Gasteiger partial charge in [-0.05, 0) is 38.1 Å². The lowest BCUT2D eigenvalue weighted by atomic mass is 9.83. The molecular weight excluding hydrogens is 373 g/mol. The van der Waals surface area contributed by atoms with Crippen LogP contribution >= 0.6 is 11.6 Å². The van der Waals surface area contributed by atoms with Crippen molar-refractivity contribution in [2.24, 2.45) is 5.73 Å². The van der Waals surface area contributed by atoms with Gasteiger partial charge in [0.05, 0.1) is 23.6 Å². The molecule has 1 aromatic heterocycles. The Labute approximate surface area is 159 Å². The van der Waals surface area contributed by atoms with Crippen LogP contribution in [0.1, 0.15) is 25.3 Å². The van der Waals surface area contributed by atoms with Gasteiger partial charge in [-0.25, -0.2) is 14.2 Å². The number of nitrogens with two attached hydrogens (primary N) is 1. The molecule has 3 rings (SSSR count). The van der Waals surface area contributed by atoms with Gasteiger partial charge >= 0.3 is 5.97 Å². The van der Waals surface area contributed by atoms with Gasteiger partial charge in [0.15, 0.2) is 0 Å². The number of hydrogen-bond acceptors (Lipinski definition) is 6. The molecule has 6 nitrogen and oxygen atoms in total. The maximum absolute atomic E-state index is 13.6. The number of aromatic nitrogens is 1. The SMILES string of the molecule is CCOC(=O)C1=C(C)OC(N)=C(C#N)C1c1cc2cc(F)ccc2nc1Cl. The van der Waals surface area contributed by atoms with E-state index in [-0.39, 0.29) is 34.5 Å². The number of carbonyl (C=O) groups is 1. The fourth-order valence-electron chi connectivity index (χ4n) is 3.01. The average Bonchev–Trinajstić information content (AvgIpc) is 2.61. The van der Waals surface area contributed by atoms with Gasteiger partial charge < -0.3 is 15.2 Å². The van der Waals surface area contributed by atoms with Crippen molar-refractivity contribution in [2.45, 2.75) is 19.8 Å². The first-order valence-corrected chi connectivity index (χ1v) is 8.46. The Kier molecular flexibility index (Phi) is 5.02. The number of rotatable bonds is 3. The Bertz CT molecular complexity index is 1060. The van der Waals surface area contributed by atoms with E-state index in [4.69, 9.17) is 26.8 Å². The van der Waals surface area contributed by atoms with Crippen LogP contribution in [0.25, 0.3) is 10.9 Å². The molecule has 1 atom stereocenters. The summed E-state index contributed by atoms with van der Waals surface area (Å²) in [5, 5.41) is 10.1. The summed E-state index contributed by atoms with van der Waals surface area (Å²) < 4.78 is 24.1. The van der Waals surface area contributed by atoms with Gasteiger partial charge in [-0.2, -0.15) is 5.26 Å². The summed E-state index contributed by atoms with van der Waals surface area (Å²) in [6.07, 6.45) is 0. The third-order valence-corrected chi connectivity index (χ3v) is 4.47. The first-order valence-electron chi connectivity index (χ1n) is 8.08. The summed E-state index contributed by atoms with van der Waals surface area (Å²) in [5.41, 5.74) is 6.77. The molecule has 1 unspecified atom stereocenters. The fraction of sp³-hybridized carbons (Fsp3) is 0.211. The molecule has 2 heterocycles. The van der Waals surface area contributed by atoms with Gasteiger partial charge in [-0.1, -0.05) is 11.6 Å². The van der Waals surface area contributed by atoms with E-state index in [0.29, 0.717) is 16.5 Å². The van der Waals surface area contributed by atoms with Gasteiger partial charge in [0.2, 0.25) is 5.88 Å². The topological polar surface area (TPSA) is 98.2 Å². The smallest absolute Gasteiger partial charge is 0.338 e. The van der Waals surface area contributed by atoms with Crippen LogP contribution in [-0.4, -0.2) is 17.6 Å². The highest BCUT2D eigenvalue weighted by molar-refractivity contribution is 6.30. The number of nitriles is 1. The van der Waals surface area contributed by atoms with Crippen LogP contribution in [0.2, 0.25) is 5.15 Å². The van der Waals surface area contributed by atoms with Crippen molar-refractivity contribution in [3.05, 3.63) is 63.6 Å². The monoisotopic (exact) mass is 387 g/mol. The Hall–Kier alpha value is -3.11. The zero-order valence-corrected chi connectivity index (χ0v) is 15.3. The predicted octanol–water partition coefficient (Wildman–Crippen LogP) is 3.67. The molecule has 1 aromatic carbocycles. The molecule has 0 spiro atoms. The molecule has 2 N–H and O–H groups in total. The van der Waals surface area contributed by atoms with Crippen molar-refractivity contribution in [1.29, 1.82) is 5.26 Å². The number of fused-ring (bicyclic) bond motifs is 1. The molecule has 138 valence electrons. The Balaban J connectivity index is 2.27. The third kappa shape index (κ3) is 3.32. The second kappa shape index (κ2) is 7.25. The Morgan fingerprint density at radius 2 is 2.22 bits per heavy atom. The minimum atomic E-state index is -0.935. The van der Waals surface area contributed by atoms with Crippen LogP contribution in [0.3, 0.4) is 0 Å². The Morgan fingerprint density at radius 3 is 2.89 bits per heavy atom. The molecule has 1 aliphatic heterocycles. The molecule has 0 amide bonds. The van der Waals surface area contributed by atoms with E-state index in [2.05, 4.69) is 4.98 Å². The van der Waals surface area contributed by atoms with Gasteiger partial charge in [0.25, 0.3) is 0 Å². The number of ether oxygens (including phenoxy) is 2. The van der Waals surface area contributed by atoms with Crippen molar-refractivity contribution >= 4 is 28.5 Å². The van der Waals surface area contributed by atoms with Crippen molar-refractivity contribution in [2.75, 3.05) is 6.61 Å². The highest BCUT2D eigenvalue weighted by Gasteiger charge is 2.37. The molecule has 2 aromatic rings. The lowest BCUT2D eigenvalue weighted by molar-refractivity contribution is -0.139. The molecule has 0 saturated heterocycles. The molecule has 0 radical (unpaired) electrons. The van der Waals surface area contributed by atoms with E-state index >= 15 is 0 Å². The second-order valence-electron chi connectivity index (χ2n) is 5.82. The summed E-state index contributed by atoms with van der Waals surface area (Å²) in [5.74, 6) is -1.97. The largest absolute Gasteiger partial charge is 0.463 e. The molecule has 0 bridgehead atoms. The van der Waals surface area contributed by atoms with Crippen molar-refractivity contribution in [3.8, 4) is 6.07 Å². The molecule has 8 heteroatoms. The normalized spacial score (nSPS) is 16.9. The van der Waals surface area contributed by atoms with E-state index in [0.717, 1.165) is 0 Å². The first kappa shape index (κ1) is 18.7. The van der Waals surface area contributed by atoms with Crippen molar-refractivity contribution < 1.29 is 18.7 Å². The maximum Gasteiger partial charge on any atom is 0.338 e. The molecule has 0 aliphatic carbocycles. The van der Waals surface area contributed by atoms with E-state index in [1.165, 1.54) is 18.2 Å². The molecule has 0 saturated carbocycles. The number of carbonyl (C=O) groups excluding carboxylic acids is 1. The predicted molar refractivity (Wildman–Crippen MR) is 96.7 cm³/mol. The lowest BCUT2D eigenvalue weighted by Gasteiger charge is -2.27. The molecule has 27 heavy (non-hydrogen) atoms. The van der Waals surface area contributed by atoms with E-state index in [9.17, 15) is 14.4 Å². The van der Waals surface area contributed by atoms with Gasteiger partial charge in [0, 0.05) is 10.9 Å². The number of nitrogens with zero attached hydrogens (tertiary/aromatic N) is 2. The number of halogens is 2. The van der Waals surface area contributed by atoms with Gasteiger partial charge in [-0.15, -0.1) is 0 Å². The quantitative estimate of drug-likeness (QED) is 0.637. The fourth-order valence-corrected chi connectivity index (χ4v) is 3.26. The lowest BCUT2D eigenvalue weighted by Crippen LogP contribution is -2.26. The van der Waals surface area contributed by atoms with Crippen LogP contribution in [0.5, 0.6) is 0 Å². The van der Waals surface area contributed by atoms with Crippen LogP contribution in [0.15, 0.2) is 47.1 Å². The third-order valence-electron chi connectivity index (χ3n) is 4.17. The summed E-state index contributed by atoms with van der Waals surface area (Å²) in [6.45, 7) is 3.34. The van der Waals surface area contributed by atoms with Crippen LogP contribution in [0.4, 0.5) is 4.39 Å². The number of esters is 1. The van der Waals surface area contributed by atoms with E-state index < -0.39 is 17.7 Å². The van der Waals surface area contributed by atoms with Gasteiger partial charge in [-0.3, -0.25) is 0 Å². The summed E-state index contributed by atoms with van der Waals surface area (Å²) in [7, 11) is 0. The first-order chi connectivity index (χ1) is 12.9. The van der Waals surface area contributed by atoms with Crippen LogP contribution in [0, 0.1) is 17.1 Å². The van der Waals surface area contributed by atoms with Crippen LogP contribution in [-0.2, 0) is 14.3 Å². The van der Waals surface area contributed by atoms with Gasteiger partial charge in [0.1, 0.15) is 28.4 Å². The number of hydrogen-bond donors (Lipinski definition) is 1. The minimum absolute atomic E-state index is 0.00288. The standard InChI is InChI=1S/C19H15ClFN3O3/c1-3-26-19(25)15-9(2)27-18(23)13(8-22)16(15)12-7-10-6-11(21)4-5-14(10)24-17(12)20/h4-7,16H,3,23H2,1-2H3. The average molecular weight is 388 g/mol. The highest BCUT2D eigenvalue weighted by atomic mass is 35.5. The summed E-state index contributed by atoms with van der Waals surface area (Å²) in [4.78, 5) is 16.8. The molecular formula is C19H15ClFN3O3. The molecule has 0 fully saturated rings. The second-order valence-corrected chi connectivity index (χ2v) is 6.18. The van der Waals surface area contributed by atoms with E-state index in [1.807, 2.05) is 6.07 Å². The maximum atomic E-state index is 13.6. The Morgan fingerprint density at radius 1 is 1.48 bits per heavy atom. The number of pyridine rings is 1. The summed E-state index contributed by atoms with van der Waals surface area (Å²) in [6, 6.07) is 7.60. The van der Waals surface area contributed by atoms with E-state index in [1.54, 1.807) is 19.9 Å².